The molecule has 0 radical (unpaired) electrons. The molecule has 2 aromatic heterocycles. The largest absolute Gasteiger partial charge is 0.395 e. The average Bonchev–Trinajstić information content (AvgIpc) is 3.34. The van der Waals surface area contributed by atoms with Gasteiger partial charge in [0.05, 0.1) is 28.7 Å². The molecule has 0 unspecified atom stereocenters. The Morgan fingerprint density at radius 2 is 2.03 bits per heavy atom. The van der Waals surface area contributed by atoms with Crippen LogP contribution in [0.4, 0.5) is 5.00 Å². The Hall–Kier alpha value is -1.76. The van der Waals surface area contributed by atoms with Gasteiger partial charge in [0.15, 0.2) is 0 Å². The smallest absolute Gasteiger partial charge is 0.117 e. The molecule has 0 spiro atoms. The van der Waals surface area contributed by atoms with Crippen LogP contribution in [-0.2, 0) is 10.2 Å². The summed E-state index contributed by atoms with van der Waals surface area (Å²) in [7, 11) is 3.64. The zero-order valence-electron chi connectivity index (χ0n) is 17.0. The highest BCUT2D eigenvalue weighted by Crippen LogP contribution is 2.57. The Morgan fingerprint density at radius 1 is 1.34 bits per heavy atom. The van der Waals surface area contributed by atoms with E-state index in [4.69, 9.17) is 17.0 Å². The van der Waals surface area contributed by atoms with Gasteiger partial charge >= 0.3 is 0 Å². The molecular formula is C21H25N3O2S3. The number of likely N-dealkylation sites (N-methyl/N-ethyl adjacent to an activating group) is 1. The molecule has 0 saturated carbocycles. The number of nitrogens with one attached hydrogen (secondary N) is 1. The maximum Gasteiger partial charge on any atom is 0.117 e. The van der Waals surface area contributed by atoms with Crippen LogP contribution >= 0.6 is 34.9 Å². The first-order valence-corrected chi connectivity index (χ1v) is 11.4. The van der Waals surface area contributed by atoms with Crippen molar-refractivity contribution in [3.63, 3.8) is 0 Å². The predicted molar refractivity (Wildman–Crippen MR) is 126 cm³/mol. The standard InChI is InChI=1S/C21H25N3O2S3/c1-21(2)15-10-14(9-13(12-22)20(27)23-5-8-26-4)28-18(15)19-16(21)11-17(29-19)24(3)6-7-25/h9-11,25H,5-8H2,1-4H3,(H,23,27)/b13-9+. The van der Waals surface area contributed by atoms with Crippen molar-refractivity contribution in [2.45, 2.75) is 19.3 Å². The van der Waals surface area contributed by atoms with Crippen LogP contribution in [0.15, 0.2) is 17.7 Å². The van der Waals surface area contributed by atoms with Gasteiger partial charge in [-0.25, -0.2) is 0 Å². The summed E-state index contributed by atoms with van der Waals surface area (Å²) in [6, 6.07) is 6.63. The number of hydrogen-bond acceptors (Lipinski definition) is 7. The minimum atomic E-state index is -0.0912. The topological polar surface area (TPSA) is 68.5 Å². The van der Waals surface area contributed by atoms with Crippen LogP contribution in [0.25, 0.3) is 15.8 Å². The fraction of sp³-hybridized carbons (Fsp3) is 0.429. The number of rotatable bonds is 8. The molecule has 0 amide bonds. The molecule has 3 rings (SSSR count). The fourth-order valence-electron chi connectivity index (χ4n) is 3.37. The first-order valence-electron chi connectivity index (χ1n) is 9.33. The molecule has 0 atom stereocenters. The van der Waals surface area contributed by atoms with Crippen molar-refractivity contribution in [1.29, 1.82) is 5.26 Å². The minimum Gasteiger partial charge on any atom is -0.395 e. The van der Waals surface area contributed by atoms with Crippen molar-refractivity contribution in [2.75, 3.05) is 45.4 Å². The third-order valence-corrected chi connectivity index (χ3v) is 7.94. The van der Waals surface area contributed by atoms with Crippen LogP contribution in [-0.4, -0.2) is 50.6 Å². The number of nitrogens with zero attached hydrogens (tertiary/aromatic N) is 2. The van der Waals surface area contributed by atoms with Gasteiger partial charge in [0.1, 0.15) is 11.1 Å². The Kier molecular flexibility index (Phi) is 6.76. The second-order valence-electron chi connectivity index (χ2n) is 7.41. The summed E-state index contributed by atoms with van der Waals surface area (Å²) in [4.78, 5) is 6.11. The Labute approximate surface area is 185 Å². The highest BCUT2D eigenvalue weighted by atomic mass is 32.1. The molecular weight excluding hydrogens is 422 g/mol. The maximum absolute atomic E-state index is 9.54. The summed E-state index contributed by atoms with van der Waals surface area (Å²) >= 11 is 8.82. The van der Waals surface area contributed by atoms with Crippen LogP contribution in [0.2, 0.25) is 0 Å². The molecule has 154 valence electrons. The van der Waals surface area contributed by atoms with Crippen LogP contribution in [0, 0.1) is 11.3 Å². The number of aliphatic hydroxyl groups is 1. The summed E-state index contributed by atoms with van der Waals surface area (Å²) in [5.74, 6) is 0. The summed E-state index contributed by atoms with van der Waals surface area (Å²) < 4.78 is 5.02. The Bertz CT molecular complexity index is 982. The quantitative estimate of drug-likeness (QED) is 0.276. The van der Waals surface area contributed by atoms with Gasteiger partial charge in [-0.1, -0.05) is 26.1 Å². The number of hydrogen-bond donors (Lipinski definition) is 2. The number of thiophene rings is 2. The molecule has 0 bridgehead atoms. The first kappa shape index (κ1) is 21.9. The molecule has 29 heavy (non-hydrogen) atoms. The lowest BCUT2D eigenvalue weighted by atomic mass is 9.84. The molecule has 2 N–H and O–H groups in total. The van der Waals surface area contributed by atoms with Gasteiger partial charge in [-0.15, -0.1) is 22.7 Å². The Morgan fingerprint density at radius 3 is 2.69 bits per heavy atom. The van der Waals surface area contributed by atoms with Crippen molar-refractivity contribution < 1.29 is 9.84 Å². The SMILES string of the molecule is COCCNC(=S)/C(C#N)=C/c1cc2c(s1)-c1sc(N(C)CCO)cc1C2(C)C. The lowest BCUT2D eigenvalue weighted by Crippen LogP contribution is -2.26. The summed E-state index contributed by atoms with van der Waals surface area (Å²) in [5.41, 5.74) is 2.99. The molecule has 1 aliphatic rings. The van der Waals surface area contributed by atoms with E-state index in [1.807, 2.05) is 13.1 Å². The third kappa shape index (κ3) is 4.25. The zero-order valence-corrected chi connectivity index (χ0v) is 19.5. The molecule has 0 aliphatic heterocycles. The second-order valence-corrected chi connectivity index (χ2v) is 9.93. The molecule has 5 nitrogen and oxygen atoms in total. The summed E-state index contributed by atoms with van der Waals surface area (Å²) in [6.45, 7) is 6.34. The normalized spacial score (nSPS) is 14.3. The lowest BCUT2D eigenvalue weighted by molar-refractivity contribution is 0.204. The van der Waals surface area contributed by atoms with Crippen LogP contribution < -0.4 is 10.2 Å². The Balaban J connectivity index is 1.92. The molecule has 2 heterocycles. The van der Waals surface area contributed by atoms with Crippen molar-refractivity contribution in [2.24, 2.45) is 0 Å². The average molecular weight is 448 g/mol. The van der Waals surface area contributed by atoms with E-state index in [0.29, 0.717) is 30.3 Å². The maximum atomic E-state index is 9.54. The molecule has 0 saturated heterocycles. The van der Waals surface area contributed by atoms with E-state index in [0.717, 1.165) is 9.88 Å². The van der Waals surface area contributed by atoms with Crippen molar-refractivity contribution in [1.82, 2.24) is 5.32 Å². The van der Waals surface area contributed by atoms with E-state index >= 15 is 0 Å². The van der Waals surface area contributed by atoms with E-state index in [1.165, 1.54) is 20.9 Å². The van der Waals surface area contributed by atoms with Crippen LogP contribution in [0.3, 0.4) is 0 Å². The van der Waals surface area contributed by atoms with E-state index in [1.54, 1.807) is 29.8 Å². The number of aliphatic hydroxyl groups excluding tert-OH is 1. The van der Waals surface area contributed by atoms with Crippen LogP contribution in [0.5, 0.6) is 0 Å². The van der Waals surface area contributed by atoms with Crippen LogP contribution in [0.1, 0.15) is 29.9 Å². The number of anilines is 1. The first-order chi connectivity index (χ1) is 13.8. The predicted octanol–water partition coefficient (Wildman–Crippen LogP) is 4.01. The highest BCUT2D eigenvalue weighted by Gasteiger charge is 2.39. The zero-order chi connectivity index (χ0) is 21.2. The highest BCUT2D eigenvalue weighted by molar-refractivity contribution is 7.80. The van der Waals surface area contributed by atoms with Gasteiger partial charge in [-0.3, -0.25) is 0 Å². The van der Waals surface area contributed by atoms with Gasteiger partial charge in [-0.05, 0) is 29.3 Å². The number of ether oxygens (including phenoxy) is 1. The van der Waals surface area contributed by atoms with Crippen molar-refractivity contribution in [3.05, 3.63) is 33.7 Å². The number of fused-ring (bicyclic) bond motifs is 3. The van der Waals surface area contributed by atoms with Crippen molar-refractivity contribution >= 4 is 51.0 Å². The summed E-state index contributed by atoms with van der Waals surface area (Å²) in [5, 5.41) is 23.0. The van der Waals surface area contributed by atoms with Gasteiger partial charge in [0.25, 0.3) is 0 Å². The molecule has 8 heteroatoms. The monoisotopic (exact) mass is 447 g/mol. The second kappa shape index (κ2) is 8.94. The van der Waals surface area contributed by atoms with Gasteiger partial charge in [0.2, 0.25) is 0 Å². The van der Waals surface area contributed by atoms with Gasteiger partial charge in [0, 0.05) is 42.4 Å². The lowest BCUT2D eigenvalue weighted by Gasteiger charge is -2.20. The number of nitriles is 1. The molecule has 0 fully saturated rings. The number of methoxy groups -OCH3 is 1. The van der Waals surface area contributed by atoms with E-state index in [9.17, 15) is 10.4 Å². The third-order valence-electron chi connectivity index (χ3n) is 5.08. The van der Waals surface area contributed by atoms with E-state index in [2.05, 4.69) is 42.3 Å². The molecule has 2 aromatic rings. The van der Waals surface area contributed by atoms with Gasteiger partial charge in [-0.2, -0.15) is 5.26 Å². The van der Waals surface area contributed by atoms with Crippen molar-refractivity contribution in [3.8, 4) is 15.8 Å². The number of thiocarbonyl (C=S) groups is 1. The molecule has 0 aromatic carbocycles. The van der Waals surface area contributed by atoms with E-state index < -0.39 is 0 Å². The minimum absolute atomic E-state index is 0.0912. The van der Waals surface area contributed by atoms with E-state index in [-0.39, 0.29) is 12.0 Å². The van der Waals surface area contributed by atoms with Gasteiger partial charge < -0.3 is 20.1 Å². The summed E-state index contributed by atoms with van der Waals surface area (Å²) in [6.07, 6.45) is 1.87. The fourth-order valence-corrected chi connectivity index (χ4v) is 6.30. The molecule has 1 aliphatic carbocycles.